The molecule has 1 heterocycles. The molecule has 0 unspecified atom stereocenters. The van der Waals surface area contributed by atoms with Crippen molar-refractivity contribution in [3.05, 3.63) is 35.4 Å². The Bertz CT molecular complexity index is 720. The van der Waals surface area contributed by atoms with Crippen LogP contribution in [-0.4, -0.2) is 48.3 Å². The average Bonchev–Trinajstić information content (AvgIpc) is 2.70. The molecule has 0 aromatic heterocycles. The van der Waals surface area contributed by atoms with Crippen molar-refractivity contribution < 1.29 is 14.4 Å². The second-order valence-corrected chi connectivity index (χ2v) is 9.27. The van der Waals surface area contributed by atoms with Crippen molar-refractivity contribution in [1.29, 1.82) is 0 Å². The quantitative estimate of drug-likeness (QED) is 0.685. The highest BCUT2D eigenvalue weighted by Crippen LogP contribution is 2.23. The zero-order valence-corrected chi connectivity index (χ0v) is 19.0. The van der Waals surface area contributed by atoms with E-state index < -0.39 is 6.04 Å². The minimum atomic E-state index is -0.597. The van der Waals surface area contributed by atoms with Crippen LogP contribution in [0.15, 0.2) is 24.3 Å². The Hall–Kier alpha value is -2.37. The summed E-state index contributed by atoms with van der Waals surface area (Å²) in [7, 11) is 0. The molecule has 3 amide bonds. The molecule has 1 fully saturated rings. The van der Waals surface area contributed by atoms with Gasteiger partial charge in [-0.25, -0.2) is 0 Å². The number of piperidine rings is 1. The molecule has 0 aliphatic carbocycles. The molecular weight excluding hydrogens is 378 g/mol. The van der Waals surface area contributed by atoms with Crippen LogP contribution in [0.4, 0.5) is 0 Å². The van der Waals surface area contributed by atoms with Crippen LogP contribution in [0, 0.1) is 24.7 Å². The Morgan fingerprint density at radius 1 is 1.00 bits per heavy atom. The van der Waals surface area contributed by atoms with Crippen LogP contribution < -0.4 is 10.6 Å². The second kappa shape index (κ2) is 11.1. The van der Waals surface area contributed by atoms with E-state index in [1.165, 1.54) is 0 Å². The second-order valence-electron chi connectivity index (χ2n) is 9.27. The molecule has 0 radical (unpaired) electrons. The summed E-state index contributed by atoms with van der Waals surface area (Å²) in [5.41, 5.74) is 1.63. The van der Waals surface area contributed by atoms with Crippen molar-refractivity contribution in [3.63, 3.8) is 0 Å². The van der Waals surface area contributed by atoms with E-state index in [4.69, 9.17) is 0 Å². The van der Waals surface area contributed by atoms with Gasteiger partial charge in [-0.3, -0.25) is 14.4 Å². The molecule has 1 aliphatic heterocycles. The first-order valence-electron chi connectivity index (χ1n) is 11.1. The van der Waals surface area contributed by atoms with Crippen molar-refractivity contribution in [1.82, 2.24) is 15.5 Å². The number of amides is 3. The van der Waals surface area contributed by atoms with Gasteiger partial charge in [-0.05, 0) is 49.7 Å². The van der Waals surface area contributed by atoms with E-state index in [0.717, 1.165) is 5.56 Å². The zero-order valence-electron chi connectivity index (χ0n) is 19.0. The number of nitrogens with zero attached hydrogens (tertiary/aromatic N) is 1. The van der Waals surface area contributed by atoms with Gasteiger partial charge in [0.05, 0.1) is 0 Å². The Morgan fingerprint density at radius 2 is 1.60 bits per heavy atom. The van der Waals surface area contributed by atoms with Crippen molar-refractivity contribution in [2.75, 3.05) is 19.6 Å². The number of nitrogens with one attached hydrogen (secondary N) is 2. The van der Waals surface area contributed by atoms with E-state index in [2.05, 4.69) is 10.6 Å². The van der Waals surface area contributed by atoms with Gasteiger partial charge in [0.25, 0.3) is 5.91 Å². The molecule has 1 saturated heterocycles. The smallest absolute Gasteiger partial charge is 0.251 e. The molecule has 0 spiro atoms. The molecule has 0 bridgehead atoms. The molecule has 1 aromatic carbocycles. The predicted molar refractivity (Wildman–Crippen MR) is 119 cm³/mol. The van der Waals surface area contributed by atoms with Crippen LogP contribution in [0.25, 0.3) is 0 Å². The molecule has 0 saturated carbocycles. The van der Waals surface area contributed by atoms with E-state index in [9.17, 15) is 14.4 Å². The molecule has 166 valence electrons. The molecule has 2 rings (SSSR count). The van der Waals surface area contributed by atoms with Gasteiger partial charge in [0.15, 0.2) is 0 Å². The fraction of sp³-hybridized carbons (Fsp3) is 0.625. The third-order valence-corrected chi connectivity index (χ3v) is 5.51. The van der Waals surface area contributed by atoms with E-state index in [0.29, 0.717) is 56.3 Å². The molecule has 6 heteroatoms. The summed E-state index contributed by atoms with van der Waals surface area (Å²) in [6.07, 6.45) is 1.96. The number of hydrogen-bond acceptors (Lipinski definition) is 3. The normalized spacial score (nSPS) is 15.9. The maximum atomic E-state index is 12.9. The number of carbonyl (C=O) groups is 3. The highest BCUT2D eigenvalue weighted by atomic mass is 16.2. The number of benzene rings is 1. The molecule has 1 atom stereocenters. The van der Waals surface area contributed by atoms with E-state index >= 15 is 0 Å². The fourth-order valence-electron chi connectivity index (χ4n) is 3.70. The first-order valence-corrected chi connectivity index (χ1v) is 11.1. The maximum Gasteiger partial charge on any atom is 0.251 e. The van der Waals surface area contributed by atoms with Crippen LogP contribution >= 0.6 is 0 Å². The van der Waals surface area contributed by atoms with Gasteiger partial charge < -0.3 is 15.5 Å². The summed E-state index contributed by atoms with van der Waals surface area (Å²) >= 11 is 0. The largest absolute Gasteiger partial charge is 0.354 e. The highest BCUT2D eigenvalue weighted by Gasteiger charge is 2.34. The van der Waals surface area contributed by atoms with Crippen LogP contribution in [0.5, 0.6) is 0 Å². The Morgan fingerprint density at radius 3 is 2.13 bits per heavy atom. The first kappa shape index (κ1) is 23.9. The molecule has 6 nitrogen and oxygen atoms in total. The fourth-order valence-corrected chi connectivity index (χ4v) is 3.70. The number of aryl methyl sites for hydroxylation is 1. The van der Waals surface area contributed by atoms with Crippen molar-refractivity contribution in [2.24, 2.45) is 17.8 Å². The third kappa shape index (κ3) is 7.15. The maximum absolute atomic E-state index is 12.9. The summed E-state index contributed by atoms with van der Waals surface area (Å²) in [5, 5.41) is 5.94. The standard InChI is InChI=1S/C24H37N3O3/c1-16(2)14-21(28)27-12-10-19(11-13-27)22(24(30)25-15-17(3)4)26-23(29)20-8-6-18(5)7-9-20/h6-9,16-17,19,22H,10-15H2,1-5H3,(H,25,30)(H,26,29)/t22-/m1/s1. The van der Waals surface area contributed by atoms with Gasteiger partial charge in [-0.2, -0.15) is 0 Å². The topological polar surface area (TPSA) is 78.5 Å². The lowest BCUT2D eigenvalue weighted by atomic mass is 9.88. The van der Waals surface area contributed by atoms with Crippen molar-refractivity contribution in [3.8, 4) is 0 Å². The van der Waals surface area contributed by atoms with Crippen molar-refractivity contribution >= 4 is 17.7 Å². The molecule has 1 aromatic rings. The summed E-state index contributed by atoms with van der Waals surface area (Å²) in [4.78, 5) is 40.0. The minimum Gasteiger partial charge on any atom is -0.354 e. The lowest BCUT2D eigenvalue weighted by Crippen LogP contribution is -2.54. The Balaban J connectivity index is 2.06. The summed E-state index contributed by atoms with van der Waals surface area (Å²) < 4.78 is 0. The van der Waals surface area contributed by atoms with Gasteiger partial charge in [0.1, 0.15) is 6.04 Å². The van der Waals surface area contributed by atoms with Gasteiger partial charge in [0.2, 0.25) is 11.8 Å². The van der Waals surface area contributed by atoms with Crippen LogP contribution in [0.2, 0.25) is 0 Å². The van der Waals surface area contributed by atoms with Crippen LogP contribution in [0.3, 0.4) is 0 Å². The number of likely N-dealkylation sites (tertiary alicyclic amines) is 1. The van der Waals surface area contributed by atoms with E-state index in [-0.39, 0.29) is 23.6 Å². The number of hydrogen-bond donors (Lipinski definition) is 2. The van der Waals surface area contributed by atoms with Gasteiger partial charge in [-0.15, -0.1) is 0 Å². The lowest BCUT2D eigenvalue weighted by molar-refractivity contribution is -0.133. The summed E-state index contributed by atoms with van der Waals surface area (Å²) in [5.74, 6) is 0.466. The monoisotopic (exact) mass is 415 g/mol. The highest BCUT2D eigenvalue weighted by molar-refractivity contribution is 5.97. The Labute approximate surface area is 180 Å². The molecule has 1 aliphatic rings. The number of rotatable bonds is 8. The van der Waals surface area contributed by atoms with Crippen LogP contribution in [-0.2, 0) is 9.59 Å². The lowest BCUT2D eigenvalue weighted by Gasteiger charge is -2.36. The average molecular weight is 416 g/mol. The Kier molecular flexibility index (Phi) is 8.88. The third-order valence-electron chi connectivity index (χ3n) is 5.51. The predicted octanol–water partition coefficient (Wildman–Crippen LogP) is 3.15. The van der Waals surface area contributed by atoms with Crippen LogP contribution in [0.1, 0.15) is 62.9 Å². The SMILES string of the molecule is Cc1ccc(C(=O)N[C@@H](C(=O)NCC(C)C)C2CCN(C(=O)CC(C)C)CC2)cc1. The molecular formula is C24H37N3O3. The van der Waals surface area contributed by atoms with Gasteiger partial charge >= 0.3 is 0 Å². The summed E-state index contributed by atoms with van der Waals surface area (Å²) in [6, 6.07) is 6.74. The molecule has 30 heavy (non-hydrogen) atoms. The van der Waals surface area contributed by atoms with E-state index in [1.54, 1.807) is 12.1 Å². The van der Waals surface area contributed by atoms with Crippen molar-refractivity contribution in [2.45, 2.75) is 59.9 Å². The summed E-state index contributed by atoms with van der Waals surface area (Å²) in [6.45, 7) is 12.0. The van der Waals surface area contributed by atoms with Gasteiger partial charge in [-0.1, -0.05) is 45.4 Å². The number of carbonyl (C=O) groups excluding carboxylic acids is 3. The van der Waals surface area contributed by atoms with Gasteiger partial charge in [0, 0.05) is 31.6 Å². The zero-order chi connectivity index (χ0) is 22.3. The van der Waals surface area contributed by atoms with E-state index in [1.807, 2.05) is 51.7 Å². The molecule has 2 N–H and O–H groups in total. The minimum absolute atomic E-state index is 0.00895. The first-order chi connectivity index (χ1) is 14.2.